The highest BCUT2D eigenvalue weighted by Crippen LogP contribution is 2.34. The number of anilines is 2. The Balaban J connectivity index is 1.60. The molecule has 1 aliphatic rings. The molecule has 9 heteroatoms. The third-order valence-electron chi connectivity index (χ3n) is 5.20. The van der Waals surface area contributed by atoms with Crippen molar-refractivity contribution in [3.05, 3.63) is 35.2 Å². The zero-order valence-corrected chi connectivity index (χ0v) is 17.8. The number of nitrogens with one attached hydrogen (secondary N) is 1. The molecule has 0 saturated carbocycles. The van der Waals surface area contributed by atoms with Crippen LogP contribution in [0.3, 0.4) is 0 Å². The molecule has 9 nitrogen and oxygen atoms in total. The van der Waals surface area contributed by atoms with Crippen LogP contribution in [0.5, 0.6) is 5.75 Å². The maximum Gasteiger partial charge on any atom is 0.311 e. The predicted molar refractivity (Wildman–Crippen MR) is 110 cm³/mol. The minimum absolute atomic E-state index is 0.0262. The minimum Gasteiger partial charge on any atom is -0.495 e. The summed E-state index contributed by atoms with van der Waals surface area (Å²) in [7, 11) is 3.31. The first-order valence-corrected chi connectivity index (χ1v) is 9.63. The van der Waals surface area contributed by atoms with Crippen LogP contribution in [-0.4, -0.2) is 47.8 Å². The van der Waals surface area contributed by atoms with E-state index in [1.165, 1.54) is 12.0 Å². The van der Waals surface area contributed by atoms with Crippen LogP contribution in [0.2, 0.25) is 0 Å². The number of benzene rings is 1. The Hall–Kier alpha value is -3.36. The number of carbonyl (C=O) groups excluding carboxylic acids is 3. The van der Waals surface area contributed by atoms with E-state index in [2.05, 4.69) is 10.4 Å². The third-order valence-corrected chi connectivity index (χ3v) is 5.20. The second kappa shape index (κ2) is 8.56. The van der Waals surface area contributed by atoms with Crippen LogP contribution in [0.4, 0.5) is 11.4 Å². The molecule has 1 fully saturated rings. The number of ether oxygens (including phenoxy) is 2. The van der Waals surface area contributed by atoms with Crippen molar-refractivity contribution in [1.29, 1.82) is 0 Å². The Morgan fingerprint density at radius 3 is 2.63 bits per heavy atom. The molecular weight excluding hydrogens is 388 g/mol. The average Bonchev–Trinajstić information content (AvgIpc) is 3.20. The molecule has 1 aromatic carbocycles. The standard InChI is InChI=1S/C21H26N4O5/c1-12-6-7-17(29-5)16(8-12)25-10-15(9-19(25)27)21(28)30-11-18(26)22-20-13(2)23-24(4)14(20)3/h6-8,15H,9-11H2,1-5H3,(H,22,26)/t15-/m1/s1. The van der Waals surface area contributed by atoms with E-state index in [0.717, 1.165) is 11.3 Å². The molecule has 0 radical (unpaired) electrons. The lowest BCUT2D eigenvalue weighted by Gasteiger charge is -2.20. The van der Waals surface area contributed by atoms with E-state index in [0.29, 0.717) is 22.8 Å². The highest BCUT2D eigenvalue weighted by atomic mass is 16.5. The molecule has 2 aromatic rings. The topological polar surface area (TPSA) is 103 Å². The van der Waals surface area contributed by atoms with Crippen LogP contribution in [0.1, 0.15) is 23.4 Å². The first-order chi connectivity index (χ1) is 14.2. The Morgan fingerprint density at radius 2 is 2.00 bits per heavy atom. The number of carbonyl (C=O) groups is 3. The molecule has 1 aliphatic heterocycles. The number of amides is 2. The van der Waals surface area contributed by atoms with Gasteiger partial charge in [-0.2, -0.15) is 5.10 Å². The van der Waals surface area contributed by atoms with Crippen molar-refractivity contribution in [3.63, 3.8) is 0 Å². The molecule has 1 N–H and O–H groups in total. The van der Waals surface area contributed by atoms with Crippen LogP contribution in [-0.2, 0) is 26.2 Å². The van der Waals surface area contributed by atoms with E-state index >= 15 is 0 Å². The summed E-state index contributed by atoms with van der Waals surface area (Å²) in [6.07, 6.45) is 0.0262. The maximum absolute atomic E-state index is 12.5. The summed E-state index contributed by atoms with van der Waals surface area (Å²) in [5.41, 5.74) is 3.68. The van der Waals surface area contributed by atoms with E-state index < -0.39 is 24.4 Å². The molecule has 0 spiro atoms. The highest BCUT2D eigenvalue weighted by molar-refractivity contribution is 6.01. The number of aryl methyl sites for hydroxylation is 3. The Labute approximate surface area is 174 Å². The van der Waals surface area contributed by atoms with Crippen molar-refractivity contribution in [2.24, 2.45) is 13.0 Å². The molecule has 3 rings (SSSR count). The van der Waals surface area contributed by atoms with E-state index in [1.807, 2.05) is 26.0 Å². The molecule has 2 amide bonds. The summed E-state index contributed by atoms with van der Waals surface area (Å²) < 4.78 is 12.2. The summed E-state index contributed by atoms with van der Waals surface area (Å²) in [6.45, 7) is 5.29. The lowest BCUT2D eigenvalue weighted by Crippen LogP contribution is -2.28. The molecule has 160 valence electrons. The molecule has 1 saturated heterocycles. The maximum atomic E-state index is 12.5. The first kappa shape index (κ1) is 21.4. The predicted octanol–water partition coefficient (Wildman–Crippen LogP) is 1.89. The molecule has 0 aliphatic carbocycles. The van der Waals surface area contributed by atoms with Crippen LogP contribution in [0.25, 0.3) is 0 Å². The molecule has 1 aromatic heterocycles. The number of methoxy groups -OCH3 is 1. The van der Waals surface area contributed by atoms with Gasteiger partial charge in [-0.25, -0.2) is 0 Å². The van der Waals surface area contributed by atoms with Gasteiger partial charge in [-0.15, -0.1) is 0 Å². The summed E-state index contributed by atoms with van der Waals surface area (Å²) in [5, 5.41) is 6.95. The van der Waals surface area contributed by atoms with Crippen molar-refractivity contribution in [1.82, 2.24) is 9.78 Å². The molecule has 0 unspecified atom stereocenters. The van der Waals surface area contributed by atoms with Gasteiger partial charge in [-0.05, 0) is 38.5 Å². The fourth-order valence-corrected chi connectivity index (χ4v) is 3.49. The van der Waals surface area contributed by atoms with Crippen LogP contribution in [0, 0.1) is 26.7 Å². The largest absolute Gasteiger partial charge is 0.495 e. The second-order valence-electron chi connectivity index (χ2n) is 7.41. The lowest BCUT2D eigenvalue weighted by molar-refractivity contribution is -0.151. The molecular formula is C21H26N4O5. The Morgan fingerprint density at radius 1 is 1.27 bits per heavy atom. The van der Waals surface area contributed by atoms with Gasteiger partial charge in [0.2, 0.25) is 5.91 Å². The Kier molecular flexibility index (Phi) is 6.09. The van der Waals surface area contributed by atoms with E-state index in [1.54, 1.807) is 24.7 Å². The van der Waals surface area contributed by atoms with Crippen LogP contribution < -0.4 is 15.0 Å². The molecule has 30 heavy (non-hydrogen) atoms. The van der Waals surface area contributed by atoms with Gasteiger partial charge in [0.05, 0.1) is 35.8 Å². The third kappa shape index (κ3) is 4.29. The number of esters is 1. The molecule has 1 atom stereocenters. The Bertz CT molecular complexity index is 998. The van der Waals surface area contributed by atoms with Crippen LogP contribution in [0.15, 0.2) is 18.2 Å². The van der Waals surface area contributed by atoms with Gasteiger partial charge in [0.25, 0.3) is 5.91 Å². The van der Waals surface area contributed by atoms with Crippen molar-refractivity contribution in [3.8, 4) is 5.75 Å². The van der Waals surface area contributed by atoms with E-state index in [-0.39, 0.29) is 18.9 Å². The first-order valence-electron chi connectivity index (χ1n) is 9.63. The van der Waals surface area contributed by atoms with E-state index in [4.69, 9.17) is 9.47 Å². The van der Waals surface area contributed by atoms with Gasteiger partial charge in [0.1, 0.15) is 5.75 Å². The summed E-state index contributed by atoms with van der Waals surface area (Å²) in [5.74, 6) is -1.30. The average molecular weight is 414 g/mol. The number of nitrogens with zero attached hydrogens (tertiary/aromatic N) is 3. The normalized spacial score (nSPS) is 16.0. The van der Waals surface area contributed by atoms with Crippen molar-refractivity contribution < 1.29 is 23.9 Å². The number of rotatable bonds is 6. The molecule has 0 bridgehead atoms. The number of aromatic nitrogens is 2. The van der Waals surface area contributed by atoms with Crippen LogP contribution >= 0.6 is 0 Å². The van der Waals surface area contributed by atoms with Crippen molar-refractivity contribution >= 4 is 29.2 Å². The number of hydrogen-bond donors (Lipinski definition) is 1. The van der Waals surface area contributed by atoms with Crippen molar-refractivity contribution in [2.75, 3.05) is 30.5 Å². The minimum atomic E-state index is -0.641. The van der Waals surface area contributed by atoms with Gasteiger partial charge < -0.3 is 19.7 Å². The SMILES string of the molecule is COc1ccc(C)cc1N1C[C@H](C(=O)OCC(=O)Nc2c(C)nn(C)c2C)CC1=O. The summed E-state index contributed by atoms with van der Waals surface area (Å²) in [6, 6.07) is 5.52. The number of hydrogen-bond acceptors (Lipinski definition) is 6. The quantitative estimate of drug-likeness (QED) is 0.724. The fraction of sp³-hybridized carbons (Fsp3) is 0.429. The van der Waals surface area contributed by atoms with Gasteiger partial charge in [-0.3, -0.25) is 19.1 Å². The van der Waals surface area contributed by atoms with Gasteiger partial charge >= 0.3 is 5.97 Å². The second-order valence-corrected chi connectivity index (χ2v) is 7.41. The molecule has 2 heterocycles. The van der Waals surface area contributed by atoms with Gasteiger partial charge in [0.15, 0.2) is 6.61 Å². The smallest absolute Gasteiger partial charge is 0.311 e. The summed E-state index contributed by atoms with van der Waals surface area (Å²) >= 11 is 0. The van der Waals surface area contributed by atoms with E-state index in [9.17, 15) is 14.4 Å². The zero-order chi connectivity index (χ0) is 22.0. The highest BCUT2D eigenvalue weighted by Gasteiger charge is 2.37. The lowest BCUT2D eigenvalue weighted by atomic mass is 10.1. The summed E-state index contributed by atoms with van der Waals surface area (Å²) in [4.78, 5) is 38.7. The van der Waals surface area contributed by atoms with Gasteiger partial charge in [0, 0.05) is 20.0 Å². The van der Waals surface area contributed by atoms with Crippen molar-refractivity contribution in [2.45, 2.75) is 27.2 Å². The monoisotopic (exact) mass is 414 g/mol. The zero-order valence-electron chi connectivity index (χ0n) is 17.8. The van der Waals surface area contributed by atoms with Gasteiger partial charge in [-0.1, -0.05) is 6.07 Å². The fourth-order valence-electron chi connectivity index (χ4n) is 3.49.